The Hall–Kier alpha value is -4.36. The summed E-state index contributed by atoms with van der Waals surface area (Å²) in [5.41, 5.74) is 14.5. The molecular formula is C39H26Au2N4. The summed E-state index contributed by atoms with van der Waals surface area (Å²) in [6, 6.07) is 29.1. The summed E-state index contributed by atoms with van der Waals surface area (Å²) < 4.78 is 0. The average molecular weight is 945 g/mol. The molecule has 45 heavy (non-hydrogen) atoms. The van der Waals surface area contributed by atoms with Crippen LogP contribution >= 0.6 is 0 Å². The molecule has 2 aliphatic rings. The summed E-state index contributed by atoms with van der Waals surface area (Å²) in [6.07, 6.45) is 27.3. The van der Waals surface area contributed by atoms with Gasteiger partial charge in [-0.25, -0.2) is 19.9 Å². The van der Waals surface area contributed by atoms with E-state index >= 15 is 0 Å². The predicted molar refractivity (Wildman–Crippen MR) is 169 cm³/mol. The van der Waals surface area contributed by atoms with Gasteiger partial charge in [-0.2, -0.15) is 0 Å². The molecule has 4 nitrogen and oxygen atoms in total. The number of benzene rings is 4. The summed E-state index contributed by atoms with van der Waals surface area (Å²) in [6.45, 7) is 0. The first kappa shape index (κ1) is 33.5. The van der Waals surface area contributed by atoms with Crippen LogP contribution < -0.4 is 0 Å². The van der Waals surface area contributed by atoms with Crippen LogP contribution in [0.4, 0.5) is 0 Å². The van der Waals surface area contributed by atoms with Crippen molar-refractivity contribution in [1.29, 1.82) is 0 Å². The molecule has 0 saturated carbocycles. The second-order valence-electron chi connectivity index (χ2n) is 10.3. The van der Waals surface area contributed by atoms with Crippen molar-refractivity contribution < 1.29 is 44.8 Å². The zero-order chi connectivity index (χ0) is 29.4. The summed E-state index contributed by atoms with van der Waals surface area (Å²) >= 11 is 0. The van der Waals surface area contributed by atoms with Crippen molar-refractivity contribution in [2.75, 3.05) is 0 Å². The molecule has 224 valence electrons. The van der Waals surface area contributed by atoms with Crippen LogP contribution in [0.1, 0.15) is 44.5 Å². The van der Waals surface area contributed by atoms with Crippen LogP contribution in [0, 0.1) is 24.7 Å². The third-order valence-corrected chi connectivity index (χ3v) is 7.52. The molecule has 0 amide bonds. The average Bonchev–Trinajstić information content (AvgIpc) is 3.64. The monoisotopic (exact) mass is 944 g/mol. The molecule has 0 N–H and O–H groups in total. The first-order valence-corrected chi connectivity index (χ1v) is 14.0. The van der Waals surface area contributed by atoms with E-state index in [2.05, 4.69) is 92.4 Å². The maximum Gasteiger partial charge on any atom is 1.00 e. The van der Waals surface area contributed by atoms with Gasteiger partial charge in [0.15, 0.2) is 0 Å². The van der Waals surface area contributed by atoms with Crippen molar-refractivity contribution in [2.24, 2.45) is 0 Å². The van der Waals surface area contributed by atoms with Crippen molar-refractivity contribution >= 4 is 0 Å². The van der Waals surface area contributed by atoms with E-state index < -0.39 is 0 Å². The fraction of sp³-hybridized carbons (Fsp3) is 0.0769. The first-order chi connectivity index (χ1) is 21.2. The van der Waals surface area contributed by atoms with Gasteiger partial charge in [-0.3, -0.25) is 11.8 Å². The number of hydrogen-bond acceptors (Lipinski definition) is 4. The van der Waals surface area contributed by atoms with Gasteiger partial charge < -0.3 is 12.8 Å². The first-order valence-electron chi connectivity index (χ1n) is 14.0. The Labute approximate surface area is 295 Å². The summed E-state index contributed by atoms with van der Waals surface area (Å²) in [4.78, 5) is 15.7. The molecule has 4 aromatic carbocycles. The van der Waals surface area contributed by atoms with E-state index in [0.29, 0.717) is 0 Å². The quantitative estimate of drug-likeness (QED) is 0.104. The Morgan fingerprint density at radius 1 is 0.489 bits per heavy atom. The van der Waals surface area contributed by atoms with Crippen LogP contribution in [0.3, 0.4) is 0 Å². The predicted octanol–water partition coefficient (Wildman–Crippen LogP) is 7.24. The van der Waals surface area contributed by atoms with Crippen molar-refractivity contribution in [2.45, 2.75) is 19.3 Å². The van der Waals surface area contributed by atoms with E-state index in [4.69, 9.17) is 12.8 Å². The molecule has 2 aromatic heterocycles. The van der Waals surface area contributed by atoms with Gasteiger partial charge in [-0.1, -0.05) is 60.7 Å². The maximum atomic E-state index is 7.14. The SMILES string of the molecule is [Au+].[Au+].[C-]#Cc1ccc2c(c1)-c1ccccc1C2.[C-]#Cc1ccc2c(c1)-c1ccccc1C2.c1ncc(Cc2cncnc2)cn1. The third-order valence-electron chi connectivity index (χ3n) is 7.52. The number of fused-ring (bicyclic) bond motifs is 6. The van der Waals surface area contributed by atoms with Crippen LogP contribution in [0.2, 0.25) is 0 Å². The molecule has 0 aliphatic heterocycles. The van der Waals surface area contributed by atoms with Crippen LogP contribution in [0.25, 0.3) is 22.3 Å². The molecule has 6 heteroatoms. The summed E-state index contributed by atoms with van der Waals surface area (Å²) in [5, 5.41) is 0. The molecule has 0 unspecified atom stereocenters. The van der Waals surface area contributed by atoms with Gasteiger partial charge in [0.05, 0.1) is 0 Å². The fourth-order valence-electron chi connectivity index (χ4n) is 5.48. The van der Waals surface area contributed by atoms with Crippen molar-refractivity contribution in [3.63, 3.8) is 0 Å². The van der Waals surface area contributed by atoms with Gasteiger partial charge in [-0.15, -0.1) is 35.4 Å². The molecule has 6 aromatic rings. The molecular weight excluding hydrogens is 918 g/mol. The zero-order valence-corrected chi connectivity index (χ0v) is 28.4. The van der Waals surface area contributed by atoms with Gasteiger partial charge in [0.25, 0.3) is 0 Å². The van der Waals surface area contributed by atoms with E-state index in [1.54, 1.807) is 24.8 Å². The van der Waals surface area contributed by atoms with Gasteiger partial charge in [0.2, 0.25) is 0 Å². The van der Waals surface area contributed by atoms with Gasteiger partial charge >= 0.3 is 44.8 Å². The van der Waals surface area contributed by atoms with Crippen LogP contribution in [-0.4, -0.2) is 19.9 Å². The number of aromatic nitrogens is 4. The summed E-state index contributed by atoms with van der Waals surface area (Å²) in [7, 11) is 0. The normalized spacial score (nSPS) is 10.6. The maximum absolute atomic E-state index is 7.14. The van der Waals surface area contributed by atoms with E-state index in [0.717, 1.165) is 41.5 Å². The second-order valence-corrected chi connectivity index (χ2v) is 10.3. The molecule has 0 saturated heterocycles. The molecule has 0 spiro atoms. The smallest absolute Gasteiger partial charge is 0.366 e. The van der Waals surface area contributed by atoms with Gasteiger partial charge in [-0.05, 0) is 68.5 Å². The van der Waals surface area contributed by atoms with Crippen LogP contribution in [0.15, 0.2) is 122 Å². The van der Waals surface area contributed by atoms with Crippen LogP contribution in [0.5, 0.6) is 0 Å². The Balaban J connectivity index is 0.000000151. The van der Waals surface area contributed by atoms with Crippen LogP contribution in [-0.2, 0) is 64.0 Å². The van der Waals surface area contributed by atoms with Gasteiger partial charge in [0.1, 0.15) is 12.7 Å². The van der Waals surface area contributed by atoms with Crippen molar-refractivity contribution in [3.8, 4) is 34.1 Å². The van der Waals surface area contributed by atoms with E-state index in [-0.39, 0.29) is 44.8 Å². The minimum Gasteiger partial charge on any atom is -0.366 e. The van der Waals surface area contributed by atoms with Crippen molar-refractivity contribution in [3.05, 3.63) is 180 Å². The van der Waals surface area contributed by atoms with Crippen molar-refractivity contribution in [1.82, 2.24) is 19.9 Å². The van der Waals surface area contributed by atoms with E-state index in [9.17, 15) is 0 Å². The molecule has 2 heterocycles. The minimum absolute atomic E-state index is 0. The zero-order valence-electron chi connectivity index (χ0n) is 24.1. The van der Waals surface area contributed by atoms with E-state index in [1.165, 1.54) is 57.2 Å². The topological polar surface area (TPSA) is 51.6 Å². The largest absolute Gasteiger partial charge is 1.00 e. The Bertz CT molecular complexity index is 1830. The Morgan fingerprint density at radius 3 is 1.27 bits per heavy atom. The fourth-order valence-corrected chi connectivity index (χ4v) is 5.48. The third kappa shape index (κ3) is 8.03. The standard InChI is InChI=1S/2C15H9.C9H8N4.2Au/c2*1-2-11-7-8-13-10-12-5-3-4-6-14(12)15(13)9-11;1(8-2-10-6-11-3-8)9-4-12-7-13-5-9;;/h2*3-9H,10H2;2-7H,1H2;;/q2*-1;;2*+1. The molecule has 0 atom stereocenters. The Kier molecular flexibility index (Phi) is 12.0. The molecule has 2 aliphatic carbocycles. The number of nitrogens with zero attached hydrogens (tertiary/aromatic N) is 4. The molecule has 0 fully saturated rings. The minimum atomic E-state index is 0. The number of hydrogen-bond donors (Lipinski definition) is 0. The molecule has 8 rings (SSSR count). The second kappa shape index (κ2) is 16.1. The van der Waals surface area contributed by atoms with Gasteiger partial charge in [0, 0.05) is 31.2 Å². The molecule has 0 radical (unpaired) electrons. The number of rotatable bonds is 2. The van der Waals surface area contributed by atoms with E-state index in [1.807, 2.05) is 24.3 Å². The summed E-state index contributed by atoms with van der Waals surface area (Å²) in [5.74, 6) is 4.87. The Morgan fingerprint density at radius 2 is 0.867 bits per heavy atom. The molecule has 0 bridgehead atoms.